The first-order chi connectivity index (χ1) is 9.10. The van der Waals surface area contributed by atoms with Crippen molar-refractivity contribution in [1.29, 1.82) is 0 Å². The highest BCUT2D eigenvalue weighted by Crippen LogP contribution is 2.28. The lowest BCUT2D eigenvalue weighted by Gasteiger charge is -2.14. The van der Waals surface area contributed by atoms with Gasteiger partial charge in [0.1, 0.15) is 5.75 Å². The topological polar surface area (TPSA) is 35.2 Å². The van der Waals surface area contributed by atoms with Crippen molar-refractivity contribution < 1.29 is 4.74 Å². The van der Waals surface area contributed by atoms with Crippen molar-refractivity contribution in [2.75, 3.05) is 7.11 Å². The largest absolute Gasteiger partial charge is 0.496 e. The molecular weight excluding hydrogens is 302 g/mol. The molecule has 2 aromatic carbocycles. The van der Waals surface area contributed by atoms with E-state index < -0.39 is 0 Å². The molecule has 0 amide bonds. The molecule has 0 aliphatic heterocycles. The van der Waals surface area contributed by atoms with Gasteiger partial charge in [0.15, 0.2) is 0 Å². The standard InChI is InChI=1S/C16H18BrNO/c1-11-3-5-12(6-4-11)9-15(18)13-7-8-16(19-2)14(17)10-13/h3-8,10,15H,9,18H2,1-2H3. The SMILES string of the molecule is COc1ccc(C(N)Cc2ccc(C)cc2)cc1Br. The first-order valence-electron chi connectivity index (χ1n) is 6.24. The Morgan fingerprint density at radius 1 is 1.16 bits per heavy atom. The molecular formula is C16H18BrNO. The van der Waals surface area contributed by atoms with Gasteiger partial charge in [-0.05, 0) is 52.5 Å². The molecule has 2 nitrogen and oxygen atoms in total. The molecule has 0 radical (unpaired) electrons. The second-order valence-corrected chi connectivity index (χ2v) is 5.54. The lowest BCUT2D eigenvalue weighted by Crippen LogP contribution is -2.13. The van der Waals surface area contributed by atoms with E-state index in [-0.39, 0.29) is 6.04 Å². The van der Waals surface area contributed by atoms with Crippen LogP contribution in [0.4, 0.5) is 0 Å². The fourth-order valence-corrected chi connectivity index (χ4v) is 2.57. The smallest absolute Gasteiger partial charge is 0.133 e. The molecule has 0 aliphatic rings. The minimum atomic E-state index is -0.00934. The zero-order valence-corrected chi connectivity index (χ0v) is 12.8. The van der Waals surface area contributed by atoms with E-state index in [1.54, 1.807) is 7.11 Å². The van der Waals surface area contributed by atoms with Crippen LogP contribution in [0, 0.1) is 6.92 Å². The molecule has 3 heteroatoms. The molecule has 2 N–H and O–H groups in total. The number of hydrogen-bond donors (Lipinski definition) is 1. The zero-order valence-electron chi connectivity index (χ0n) is 11.2. The van der Waals surface area contributed by atoms with E-state index in [0.717, 1.165) is 22.2 Å². The van der Waals surface area contributed by atoms with Crippen LogP contribution in [0.2, 0.25) is 0 Å². The van der Waals surface area contributed by atoms with Crippen molar-refractivity contribution in [3.63, 3.8) is 0 Å². The molecule has 0 saturated carbocycles. The number of halogens is 1. The van der Waals surface area contributed by atoms with E-state index >= 15 is 0 Å². The number of methoxy groups -OCH3 is 1. The summed E-state index contributed by atoms with van der Waals surface area (Å²) in [6.45, 7) is 2.09. The molecule has 100 valence electrons. The van der Waals surface area contributed by atoms with Gasteiger partial charge in [-0.15, -0.1) is 0 Å². The average molecular weight is 320 g/mol. The Kier molecular flexibility index (Phi) is 4.61. The normalized spacial score (nSPS) is 12.2. The summed E-state index contributed by atoms with van der Waals surface area (Å²) in [7, 11) is 1.66. The van der Waals surface area contributed by atoms with Crippen LogP contribution in [0.15, 0.2) is 46.9 Å². The van der Waals surface area contributed by atoms with Crippen molar-refractivity contribution in [3.8, 4) is 5.75 Å². The maximum Gasteiger partial charge on any atom is 0.133 e. The van der Waals surface area contributed by atoms with E-state index in [1.807, 2.05) is 18.2 Å². The summed E-state index contributed by atoms with van der Waals surface area (Å²) in [6, 6.07) is 14.5. The summed E-state index contributed by atoms with van der Waals surface area (Å²) < 4.78 is 6.16. The zero-order chi connectivity index (χ0) is 13.8. The molecule has 19 heavy (non-hydrogen) atoms. The number of nitrogens with two attached hydrogens (primary N) is 1. The van der Waals surface area contributed by atoms with Crippen LogP contribution >= 0.6 is 15.9 Å². The van der Waals surface area contributed by atoms with E-state index in [4.69, 9.17) is 10.5 Å². The van der Waals surface area contributed by atoms with Crippen molar-refractivity contribution in [1.82, 2.24) is 0 Å². The van der Waals surface area contributed by atoms with Crippen LogP contribution in [0.25, 0.3) is 0 Å². The van der Waals surface area contributed by atoms with Crippen molar-refractivity contribution >= 4 is 15.9 Å². The molecule has 0 aliphatic carbocycles. The quantitative estimate of drug-likeness (QED) is 0.924. The number of hydrogen-bond acceptors (Lipinski definition) is 2. The molecule has 0 saturated heterocycles. The molecule has 0 spiro atoms. The highest BCUT2D eigenvalue weighted by molar-refractivity contribution is 9.10. The monoisotopic (exact) mass is 319 g/mol. The number of benzene rings is 2. The maximum absolute atomic E-state index is 6.26. The molecule has 0 heterocycles. The first-order valence-corrected chi connectivity index (χ1v) is 7.04. The van der Waals surface area contributed by atoms with Gasteiger partial charge in [0.2, 0.25) is 0 Å². The maximum atomic E-state index is 6.26. The van der Waals surface area contributed by atoms with Gasteiger partial charge in [0.25, 0.3) is 0 Å². The predicted molar refractivity (Wildman–Crippen MR) is 82.5 cm³/mol. The molecule has 0 aromatic heterocycles. The van der Waals surface area contributed by atoms with Crippen LogP contribution < -0.4 is 10.5 Å². The molecule has 1 atom stereocenters. The molecule has 0 bridgehead atoms. The Balaban J connectivity index is 2.13. The van der Waals surface area contributed by atoms with E-state index in [0.29, 0.717) is 0 Å². The lowest BCUT2D eigenvalue weighted by atomic mass is 9.99. The molecule has 2 rings (SSSR count). The lowest BCUT2D eigenvalue weighted by molar-refractivity contribution is 0.412. The number of aryl methyl sites for hydroxylation is 1. The van der Waals surface area contributed by atoms with Crippen LogP contribution in [0.1, 0.15) is 22.7 Å². The third kappa shape index (κ3) is 3.58. The summed E-state index contributed by atoms with van der Waals surface area (Å²) in [5, 5.41) is 0. The van der Waals surface area contributed by atoms with Gasteiger partial charge in [-0.25, -0.2) is 0 Å². The summed E-state index contributed by atoms with van der Waals surface area (Å²) >= 11 is 3.49. The Morgan fingerprint density at radius 3 is 2.42 bits per heavy atom. The van der Waals surface area contributed by atoms with E-state index in [9.17, 15) is 0 Å². The number of rotatable bonds is 4. The first kappa shape index (κ1) is 14.1. The summed E-state index contributed by atoms with van der Waals surface area (Å²) in [5.41, 5.74) is 9.89. The Hall–Kier alpha value is -1.32. The van der Waals surface area contributed by atoms with Gasteiger partial charge in [0, 0.05) is 6.04 Å². The number of ether oxygens (including phenoxy) is 1. The molecule has 2 aromatic rings. The second-order valence-electron chi connectivity index (χ2n) is 4.69. The van der Waals surface area contributed by atoms with Gasteiger partial charge in [-0.1, -0.05) is 35.9 Å². The third-order valence-corrected chi connectivity index (χ3v) is 3.80. The Labute approximate surface area is 122 Å². The van der Waals surface area contributed by atoms with E-state index in [1.165, 1.54) is 11.1 Å². The molecule has 1 unspecified atom stereocenters. The highest BCUT2D eigenvalue weighted by atomic mass is 79.9. The fourth-order valence-electron chi connectivity index (χ4n) is 2.01. The highest BCUT2D eigenvalue weighted by Gasteiger charge is 2.09. The average Bonchev–Trinajstić information content (AvgIpc) is 2.41. The van der Waals surface area contributed by atoms with Crippen molar-refractivity contribution in [2.45, 2.75) is 19.4 Å². The van der Waals surface area contributed by atoms with Crippen LogP contribution in [0.5, 0.6) is 5.75 Å². The van der Waals surface area contributed by atoms with E-state index in [2.05, 4.69) is 47.1 Å². The van der Waals surface area contributed by atoms with Gasteiger partial charge < -0.3 is 10.5 Å². The summed E-state index contributed by atoms with van der Waals surface area (Å²) in [5.74, 6) is 0.825. The van der Waals surface area contributed by atoms with Crippen molar-refractivity contribution in [3.05, 3.63) is 63.6 Å². The second kappa shape index (κ2) is 6.22. The van der Waals surface area contributed by atoms with Gasteiger partial charge in [0.05, 0.1) is 11.6 Å². The Morgan fingerprint density at radius 2 is 1.84 bits per heavy atom. The van der Waals surface area contributed by atoms with Gasteiger partial charge >= 0.3 is 0 Å². The summed E-state index contributed by atoms with van der Waals surface area (Å²) in [6.07, 6.45) is 0.832. The van der Waals surface area contributed by atoms with Crippen LogP contribution in [-0.4, -0.2) is 7.11 Å². The third-order valence-electron chi connectivity index (χ3n) is 3.18. The predicted octanol–water partition coefficient (Wildman–Crippen LogP) is 4.01. The summed E-state index contributed by atoms with van der Waals surface area (Å²) in [4.78, 5) is 0. The van der Waals surface area contributed by atoms with Crippen LogP contribution in [-0.2, 0) is 6.42 Å². The van der Waals surface area contributed by atoms with Gasteiger partial charge in [-0.3, -0.25) is 0 Å². The fraction of sp³-hybridized carbons (Fsp3) is 0.250. The Bertz CT molecular complexity index is 551. The molecule has 0 fully saturated rings. The van der Waals surface area contributed by atoms with Crippen molar-refractivity contribution in [2.24, 2.45) is 5.73 Å². The minimum Gasteiger partial charge on any atom is -0.496 e. The van der Waals surface area contributed by atoms with Gasteiger partial charge in [-0.2, -0.15) is 0 Å². The minimum absolute atomic E-state index is 0.00934. The van der Waals surface area contributed by atoms with Crippen LogP contribution in [0.3, 0.4) is 0 Å².